The summed E-state index contributed by atoms with van der Waals surface area (Å²) in [4.78, 5) is 12.9. The lowest BCUT2D eigenvalue weighted by Gasteiger charge is -2.13. The van der Waals surface area contributed by atoms with E-state index in [4.69, 9.17) is 0 Å². The molecule has 0 aliphatic rings. The van der Waals surface area contributed by atoms with Gasteiger partial charge in [0.2, 0.25) is 0 Å². The largest absolute Gasteiger partial charge is 0.366 e. The smallest absolute Gasteiger partial charge is 0.271 e. The molecule has 0 aromatic carbocycles. The van der Waals surface area contributed by atoms with E-state index in [-0.39, 0.29) is 11.9 Å². The van der Waals surface area contributed by atoms with E-state index >= 15 is 0 Å². The fraction of sp³-hybridized carbons (Fsp3) is 0.357. The van der Waals surface area contributed by atoms with Crippen LogP contribution in [0.2, 0.25) is 0 Å². The molecule has 1 amide bonds. The zero-order valence-electron chi connectivity index (χ0n) is 11.6. The summed E-state index contributed by atoms with van der Waals surface area (Å²) in [6.45, 7) is 4.55. The molecule has 20 heavy (non-hydrogen) atoms. The number of nitrogens with zero attached hydrogens (tertiary/aromatic N) is 2. The first-order chi connectivity index (χ1) is 9.69. The second-order valence-corrected chi connectivity index (χ2v) is 5.52. The first-order valence-corrected chi connectivity index (χ1v) is 7.48. The van der Waals surface area contributed by atoms with Crippen LogP contribution in [0.3, 0.4) is 0 Å². The minimum absolute atomic E-state index is 0.196. The summed E-state index contributed by atoms with van der Waals surface area (Å²) in [6, 6.07) is 7.89. The van der Waals surface area contributed by atoms with Crippen LogP contribution in [0.5, 0.6) is 0 Å². The molecule has 0 spiro atoms. The maximum absolute atomic E-state index is 11.6. The number of amides is 1. The van der Waals surface area contributed by atoms with Gasteiger partial charge in [0.15, 0.2) is 5.69 Å². The second kappa shape index (κ2) is 7.00. The molecule has 1 atom stereocenters. The molecule has 0 bridgehead atoms. The Morgan fingerprint density at radius 3 is 2.80 bits per heavy atom. The molecule has 1 unspecified atom stereocenters. The molecule has 0 aliphatic carbocycles. The van der Waals surface area contributed by atoms with Crippen LogP contribution in [0.4, 0.5) is 5.82 Å². The third-order valence-corrected chi connectivity index (χ3v) is 3.61. The van der Waals surface area contributed by atoms with Gasteiger partial charge in [0.05, 0.1) is 0 Å². The van der Waals surface area contributed by atoms with Crippen molar-refractivity contribution in [2.24, 2.45) is 0 Å². The molecule has 0 radical (unpaired) electrons. The van der Waals surface area contributed by atoms with Crippen LogP contribution >= 0.6 is 11.3 Å². The van der Waals surface area contributed by atoms with Crippen LogP contribution in [-0.2, 0) is 6.42 Å². The standard InChI is InChI=1S/C14H18N4OS/c1-3-15-14(19)12-6-7-13(18-17-12)16-10(2)9-11-5-4-8-20-11/h4-8,10H,3,9H2,1-2H3,(H,15,19)(H,16,18). The van der Waals surface area contributed by atoms with Crippen LogP contribution in [0, 0.1) is 0 Å². The molecule has 0 saturated carbocycles. The highest BCUT2D eigenvalue weighted by atomic mass is 32.1. The third-order valence-electron chi connectivity index (χ3n) is 2.72. The minimum Gasteiger partial charge on any atom is -0.366 e. The highest BCUT2D eigenvalue weighted by Gasteiger charge is 2.08. The average Bonchev–Trinajstić information content (AvgIpc) is 2.92. The van der Waals surface area contributed by atoms with E-state index < -0.39 is 0 Å². The highest BCUT2D eigenvalue weighted by Crippen LogP contribution is 2.13. The maximum atomic E-state index is 11.6. The normalized spacial score (nSPS) is 11.9. The molecule has 2 rings (SSSR count). The summed E-state index contributed by atoms with van der Waals surface area (Å²) < 4.78 is 0. The number of carbonyl (C=O) groups is 1. The molecule has 2 heterocycles. The van der Waals surface area contributed by atoms with E-state index in [0.717, 1.165) is 6.42 Å². The Hall–Kier alpha value is -1.95. The van der Waals surface area contributed by atoms with E-state index in [1.165, 1.54) is 4.88 Å². The second-order valence-electron chi connectivity index (χ2n) is 4.49. The fourth-order valence-electron chi connectivity index (χ4n) is 1.82. The topological polar surface area (TPSA) is 66.9 Å². The van der Waals surface area contributed by atoms with Gasteiger partial charge in [0.25, 0.3) is 5.91 Å². The number of hydrogen-bond acceptors (Lipinski definition) is 5. The Bertz CT molecular complexity index is 539. The quantitative estimate of drug-likeness (QED) is 0.857. The van der Waals surface area contributed by atoms with Crippen molar-refractivity contribution in [1.29, 1.82) is 0 Å². The lowest BCUT2D eigenvalue weighted by Crippen LogP contribution is -2.24. The summed E-state index contributed by atoms with van der Waals surface area (Å²) in [5.74, 6) is 0.486. The molecule has 0 fully saturated rings. The van der Waals surface area contributed by atoms with Gasteiger partial charge in [-0.1, -0.05) is 6.07 Å². The van der Waals surface area contributed by atoms with Crippen molar-refractivity contribution in [2.75, 3.05) is 11.9 Å². The molecular formula is C14H18N4OS. The summed E-state index contributed by atoms with van der Waals surface area (Å²) in [6.07, 6.45) is 0.942. The SMILES string of the molecule is CCNC(=O)c1ccc(NC(C)Cc2cccs2)nn1. The van der Waals surface area contributed by atoms with Gasteiger partial charge in [-0.05, 0) is 37.4 Å². The summed E-state index contributed by atoms with van der Waals surface area (Å²) in [5, 5.41) is 16.0. The highest BCUT2D eigenvalue weighted by molar-refractivity contribution is 7.09. The lowest BCUT2D eigenvalue weighted by molar-refractivity contribution is 0.0950. The zero-order chi connectivity index (χ0) is 14.4. The Morgan fingerprint density at radius 2 is 2.20 bits per heavy atom. The van der Waals surface area contributed by atoms with Gasteiger partial charge in [-0.2, -0.15) is 0 Å². The van der Waals surface area contributed by atoms with E-state index in [9.17, 15) is 4.79 Å². The summed E-state index contributed by atoms with van der Waals surface area (Å²) in [5.41, 5.74) is 0.336. The van der Waals surface area contributed by atoms with E-state index in [2.05, 4.69) is 39.2 Å². The van der Waals surface area contributed by atoms with Crippen molar-refractivity contribution in [3.63, 3.8) is 0 Å². The molecule has 106 valence electrons. The summed E-state index contributed by atoms with van der Waals surface area (Å²) in [7, 11) is 0. The van der Waals surface area contributed by atoms with Crippen molar-refractivity contribution < 1.29 is 4.79 Å². The average molecular weight is 290 g/mol. The molecule has 5 nitrogen and oxygen atoms in total. The van der Waals surface area contributed by atoms with Crippen LogP contribution in [0.15, 0.2) is 29.6 Å². The zero-order valence-corrected chi connectivity index (χ0v) is 12.4. The van der Waals surface area contributed by atoms with Gasteiger partial charge < -0.3 is 10.6 Å². The Morgan fingerprint density at radius 1 is 1.35 bits per heavy atom. The fourth-order valence-corrected chi connectivity index (χ4v) is 2.65. The van der Waals surface area contributed by atoms with Crippen LogP contribution in [0.25, 0.3) is 0 Å². The van der Waals surface area contributed by atoms with Crippen molar-refractivity contribution in [3.8, 4) is 0 Å². The van der Waals surface area contributed by atoms with Gasteiger partial charge in [-0.15, -0.1) is 21.5 Å². The number of rotatable bonds is 6. The number of nitrogens with one attached hydrogen (secondary N) is 2. The maximum Gasteiger partial charge on any atom is 0.271 e. The number of aromatic nitrogens is 2. The Kier molecular flexibility index (Phi) is 5.06. The van der Waals surface area contributed by atoms with Gasteiger partial charge in [-0.3, -0.25) is 4.79 Å². The molecule has 6 heteroatoms. The van der Waals surface area contributed by atoms with Gasteiger partial charge in [-0.25, -0.2) is 0 Å². The number of carbonyl (C=O) groups excluding carboxylic acids is 1. The van der Waals surface area contributed by atoms with Gasteiger partial charge >= 0.3 is 0 Å². The van der Waals surface area contributed by atoms with Crippen molar-refractivity contribution in [2.45, 2.75) is 26.3 Å². The van der Waals surface area contributed by atoms with Crippen molar-refractivity contribution >= 4 is 23.1 Å². The molecule has 2 aromatic heterocycles. The van der Waals surface area contributed by atoms with E-state index in [1.54, 1.807) is 23.5 Å². The first-order valence-electron chi connectivity index (χ1n) is 6.60. The number of anilines is 1. The van der Waals surface area contributed by atoms with Crippen LogP contribution < -0.4 is 10.6 Å². The molecular weight excluding hydrogens is 272 g/mol. The van der Waals surface area contributed by atoms with Gasteiger partial charge in [0.1, 0.15) is 5.82 Å². The predicted molar refractivity (Wildman–Crippen MR) is 81.1 cm³/mol. The van der Waals surface area contributed by atoms with Crippen molar-refractivity contribution in [1.82, 2.24) is 15.5 Å². The predicted octanol–water partition coefficient (Wildman–Crippen LogP) is 2.33. The number of thiophene rings is 1. The molecule has 0 saturated heterocycles. The first kappa shape index (κ1) is 14.5. The van der Waals surface area contributed by atoms with Crippen molar-refractivity contribution in [3.05, 3.63) is 40.2 Å². The Labute approximate surface area is 122 Å². The lowest BCUT2D eigenvalue weighted by atomic mass is 10.2. The molecule has 2 N–H and O–H groups in total. The van der Waals surface area contributed by atoms with E-state index in [0.29, 0.717) is 18.1 Å². The Balaban J connectivity index is 1.91. The van der Waals surface area contributed by atoms with Crippen LogP contribution in [-0.4, -0.2) is 28.7 Å². The summed E-state index contributed by atoms with van der Waals surface area (Å²) >= 11 is 1.74. The van der Waals surface area contributed by atoms with Crippen LogP contribution in [0.1, 0.15) is 29.2 Å². The third kappa shape index (κ3) is 4.03. The molecule has 2 aromatic rings. The number of hydrogen-bond donors (Lipinski definition) is 2. The van der Waals surface area contributed by atoms with Gasteiger partial charge in [0, 0.05) is 23.9 Å². The van der Waals surface area contributed by atoms with E-state index in [1.807, 2.05) is 13.0 Å². The monoisotopic (exact) mass is 290 g/mol. The minimum atomic E-state index is -0.196. The molecule has 0 aliphatic heterocycles.